The second kappa shape index (κ2) is 12.0. The second-order valence-corrected chi connectivity index (χ2v) is 12.7. The molecular formula is C30H38FN7O7. The van der Waals surface area contributed by atoms with E-state index in [-0.39, 0.29) is 32.0 Å². The van der Waals surface area contributed by atoms with Crippen molar-refractivity contribution in [2.45, 2.75) is 86.8 Å². The Bertz CT molecular complexity index is 1440. The van der Waals surface area contributed by atoms with Crippen LogP contribution in [0.4, 0.5) is 4.39 Å². The Hall–Kier alpha value is -3.50. The Balaban J connectivity index is 1.23. The molecule has 5 fully saturated rings. The minimum Gasteiger partial charge on any atom is -0.388 e. The fraction of sp³-hybridized carbons (Fsp3) is 0.633. The fourth-order valence-corrected chi connectivity index (χ4v) is 7.67. The van der Waals surface area contributed by atoms with Crippen LogP contribution in [0, 0.1) is 5.82 Å². The van der Waals surface area contributed by atoms with Crippen molar-refractivity contribution >= 4 is 17.7 Å². The van der Waals surface area contributed by atoms with Gasteiger partial charge < -0.3 is 35.2 Å². The average molecular weight is 628 g/mol. The van der Waals surface area contributed by atoms with Crippen LogP contribution < -0.4 is 5.32 Å². The Labute approximate surface area is 258 Å². The van der Waals surface area contributed by atoms with Crippen LogP contribution in [0.3, 0.4) is 0 Å². The molecule has 5 aliphatic rings. The predicted molar refractivity (Wildman–Crippen MR) is 154 cm³/mol. The average Bonchev–Trinajstić information content (AvgIpc) is 3.84. The highest BCUT2D eigenvalue weighted by atomic mass is 19.1. The Morgan fingerprint density at radius 3 is 2.40 bits per heavy atom. The van der Waals surface area contributed by atoms with Crippen molar-refractivity contribution < 1.29 is 38.8 Å². The molecule has 1 aromatic heterocycles. The monoisotopic (exact) mass is 627 g/mol. The number of hydrogen-bond donors (Lipinski definition) is 4. The van der Waals surface area contributed by atoms with E-state index < -0.39 is 66.4 Å². The van der Waals surface area contributed by atoms with Crippen LogP contribution in [-0.2, 0) is 19.1 Å². The maximum Gasteiger partial charge on any atom is 0.255 e. The van der Waals surface area contributed by atoms with Gasteiger partial charge in [0.2, 0.25) is 11.8 Å². The van der Waals surface area contributed by atoms with Crippen LogP contribution in [0.1, 0.15) is 38.1 Å². The SMILES string of the molecule is O=C1NC[C@@H]2O[C@H](C(=O)N3CCN(C4CCCC4)C[C@H]3C(=O)N3CC[C@@H](n4cc(-c5ccc(F)cc5)nn4)[C@@H]13)[C@H](O)[C@H](O)[C@H]2O. The van der Waals surface area contributed by atoms with Gasteiger partial charge in [0.05, 0.1) is 12.2 Å². The molecule has 7 rings (SSSR count). The lowest BCUT2D eigenvalue weighted by Crippen LogP contribution is -2.69. The first-order chi connectivity index (χ1) is 21.7. The highest BCUT2D eigenvalue weighted by molar-refractivity contribution is 5.94. The van der Waals surface area contributed by atoms with E-state index in [1.807, 2.05) is 0 Å². The van der Waals surface area contributed by atoms with E-state index >= 15 is 0 Å². The molecule has 2 aromatic rings. The third-order valence-electron chi connectivity index (χ3n) is 10.2. The minimum atomic E-state index is -1.71. The smallest absolute Gasteiger partial charge is 0.255 e. The molecule has 45 heavy (non-hydrogen) atoms. The van der Waals surface area contributed by atoms with Crippen molar-refractivity contribution in [3.63, 3.8) is 0 Å². The molecule has 2 bridgehead atoms. The Morgan fingerprint density at radius 2 is 1.64 bits per heavy atom. The molecule has 0 spiro atoms. The van der Waals surface area contributed by atoms with E-state index in [1.165, 1.54) is 21.9 Å². The zero-order chi connectivity index (χ0) is 31.4. The standard InChI is InChI=1S/C30H38FN7O7/c31-17-7-5-16(6-8-17)19-14-38(34-33-19)20-9-10-37-23(20)28(42)32-13-22-24(39)25(40)26(41)27(45-22)30(44)36-12-11-35(15-21(36)29(37)43)18-3-1-2-4-18/h5-8,14,18,20-27,39-41H,1-4,9-13,15H2,(H,32,42)/t20-,21+,22+,23+,24+,25-,26-,27+/m1/s1. The van der Waals surface area contributed by atoms with Crippen LogP contribution >= 0.6 is 0 Å². The lowest BCUT2D eigenvalue weighted by atomic mass is 9.93. The molecule has 1 aromatic carbocycles. The van der Waals surface area contributed by atoms with Crippen molar-refractivity contribution in [2.24, 2.45) is 0 Å². The summed E-state index contributed by atoms with van der Waals surface area (Å²) in [6, 6.07) is 3.51. The highest BCUT2D eigenvalue weighted by Crippen LogP contribution is 2.34. The van der Waals surface area contributed by atoms with Crippen molar-refractivity contribution in [2.75, 3.05) is 32.7 Å². The van der Waals surface area contributed by atoms with Crippen molar-refractivity contribution in [3.05, 3.63) is 36.3 Å². The van der Waals surface area contributed by atoms with Gasteiger partial charge in [-0.15, -0.1) is 5.10 Å². The molecule has 4 saturated heterocycles. The Kier molecular flexibility index (Phi) is 8.06. The summed E-state index contributed by atoms with van der Waals surface area (Å²) >= 11 is 0. The lowest BCUT2D eigenvalue weighted by Gasteiger charge is -2.48. The molecule has 0 radical (unpaired) electrons. The van der Waals surface area contributed by atoms with Gasteiger partial charge in [0.15, 0.2) is 6.10 Å². The van der Waals surface area contributed by atoms with E-state index in [0.29, 0.717) is 30.3 Å². The van der Waals surface area contributed by atoms with Gasteiger partial charge >= 0.3 is 0 Å². The zero-order valence-corrected chi connectivity index (χ0v) is 24.7. The number of halogens is 1. The molecule has 3 amide bonds. The molecule has 0 unspecified atom stereocenters. The summed E-state index contributed by atoms with van der Waals surface area (Å²) in [7, 11) is 0. The molecule has 1 aliphatic carbocycles. The molecular weight excluding hydrogens is 589 g/mol. The number of nitrogens with zero attached hydrogens (tertiary/aromatic N) is 6. The first-order valence-electron chi connectivity index (χ1n) is 15.7. The number of hydrogen-bond acceptors (Lipinski definition) is 10. The number of carbonyl (C=O) groups excluding carboxylic acids is 3. The number of aliphatic hydroxyl groups excluding tert-OH is 3. The van der Waals surface area contributed by atoms with Gasteiger partial charge in [0.25, 0.3) is 5.91 Å². The number of rotatable bonds is 3. The van der Waals surface area contributed by atoms with Gasteiger partial charge in [-0.25, -0.2) is 9.07 Å². The van der Waals surface area contributed by atoms with Gasteiger partial charge in [-0.2, -0.15) is 0 Å². The van der Waals surface area contributed by atoms with Crippen LogP contribution in [0.5, 0.6) is 0 Å². The maximum absolute atomic E-state index is 14.5. The van der Waals surface area contributed by atoms with Crippen LogP contribution in [0.25, 0.3) is 11.3 Å². The van der Waals surface area contributed by atoms with Gasteiger partial charge in [-0.3, -0.25) is 19.3 Å². The van der Waals surface area contributed by atoms with Gasteiger partial charge in [0, 0.05) is 44.3 Å². The predicted octanol–water partition coefficient (Wildman–Crippen LogP) is -1.34. The van der Waals surface area contributed by atoms with Gasteiger partial charge in [0.1, 0.15) is 48.0 Å². The first-order valence-corrected chi connectivity index (χ1v) is 15.7. The van der Waals surface area contributed by atoms with Crippen LogP contribution in [-0.4, -0.2) is 144 Å². The van der Waals surface area contributed by atoms with E-state index in [4.69, 9.17) is 4.74 Å². The summed E-state index contributed by atoms with van der Waals surface area (Å²) < 4.78 is 20.9. The summed E-state index contributed by atoms with van der Waals surface area (Å²) in [4.78, 5) is 47.5. The zero-order valence-electron chi connectivity index (χ0n) is 24.7. The topological polar surface area (TPSA) is 174 Å². The molecule has 4 N–H and O–H groups in total. The van der Waals surface area contributed by atoms with E-state index in [9.17, 15) is 34.1 Å². The molecule has 242 valence electrons. The van der Waals surface area contributed by atoms with Crippen molar-refractivity contribution in [1.29, 1.82) is 0 Å². The number of ether oxygens (including phenoxy) is 1. The lowest BCUT2D eigenvalue weighted by molar-refractivity contribution is -0.225. The first kappa shape index (κ1) is 30.2. The molecule has 14 nitrogen and oxygen atoms in total. The van der Waals surface area contributed by atoms with Crippen molar-refractivity contribution in [1.82, 2.24) is 35.0 Å². The van der Waals surface area contributed by atoms with Gasteiger partial charge in [-0.05, 0) is 43.5 Å². The highest BCUT2D eigenvalue weighted by Gasteiger charge is 2.53. The third kappa shape index (κ3) is 5.39. The largest absolute Gasteiger partial charge is 0.388 e. The molecule has 1 saturated carbocycles. The van der Waals surface area contributed by atoms with Crippen molar-refractivity contribution in [3.8, 4) is 11.3 Å². The second-order valence-electron chi connectivity index (χ2n) is 12.7. The molecule has 4 aliphatic heterocycles. The summed E-state index contributed by atoms with van der Waals surface area (Å²) in [5, 5.41) is 43.3. The number of aromatic nitrogens is 3. The number of amides is 3. The fourth-order valence-electron chi connectivity index (χ4n) is 7.67. The number of nitrogens with one attached hydrogen (secondary N) is 1. The number of carbonyl (C=O) groups is 3. The summed E-state index contributed by atoms with van der Waals surface area (Å²) in [5.41, 5.74) is 1.11. The van der Waals surface area contributed by atoms with Gasteiger partial charge in [-0.1, -0.05) is 18.1 Å². The van der Waals surface area contributed by atoms with E-state index in [0.717, 1.165) is 25.7 Å². The summed E-state index contributed by atoms with van der Waals surface area (Å²) in [6.07, 6.45) is -1.42. The normalized spacial score (nSPS) is 35.1. The summed E-state index contributed by atoms with van der Waals surface area (Å²) in [5.74, 6) is -1.93. The van der Waals surface area contributed by atoms with Crippen LogP contribution in [0.2, 0.25) is 0 Å². The molecule has 15 heteroatoms. The molecule has 5 heterocycles. The minimum absolute atomic E-state index is 0.208. The summed E-state index contributed by atoms with van der Waals surface area (Å²) in [6.45, 7) is 0.966. The quantitative estimate of drug-likeness (QED) is 0.319. The number of benzene rings is 1. The van der Waals surface area contributed by atoms with E-state index in [2.05, 4.69) is 20.5 Å². The molecule has 8 atom stereocenters. The third-order valence-corrected chi connectivity index (χ3v) is 10.2. The van der Waals surface area contributed by atoms with Crippen LogP contribution in [0.15, 0.2) is 30.5 Å². The number of aliphatic hydroxyl groups is 3. The number of piperazine rings is 1. The van der Waals surface area contributed by atoms with E-state index in [1.54, 1.807) is 23.0 Å². The number of fused-ring (bicyclic) bond motifs is 4. The Morgan fingerprint density at radius 1 is 0.889 bits per heavy atom. The maximum atomic E-state index is 14.5.